The van der Waals surface area contributed by atoms with Crippen LogP contribution in [0.3, 0.4) is 0 Å². The summed E-state index contributed by atoms with van der Waals surface area (Å²) in [6, 6.07) is 15.7. The van der Waals surface area contributed by atoms with Crippen molar-refractivity contribution < 1.29 is 4.79 Å². The number of rotatable bonds is 4. The molecular formula is C15H15IN2O. The van der Waals surface area contributed by atoms with Crippen molar-refractivity contribution >= 4 is 34.2 Å². The average molecular weight is 366 g/mol. The maximum absolute atomic E-state index is 11.1. The molecule has 2 rings (SSSR count). The molecule has 0 heterocycles. The highest BCUT2D eigenvalue weighted by Gasteiger charge is 2.06. The van der Waals surface area contributed by atoms with E-state index in [0.29, 0.717) is 5.56 Å². The van der Waals surface area contributed by atoms with Crippen molar-refractivity contribution in [2.75, 3.05) is 5.32 Å². The maximum atomic E-state index is 11.1. The number of hydrogen-bond donors (Lipinski definition) is 2. The first-order valence-corrected chi connectivity index (χ1v) is 7.06. The lowest BCUT2D eigenvalue weighted by Crippen LogP contribution is -2.12. The van der Waals surface area contributed by atoms with E-state index >= 15 is 0 Å². The van der Waals surface area contributed by atoms with Crippen molar-refractivity contribution in [1.29, 1.82) is 0 Å². The van der Waals surface area contributed by atoms with Gasteiger partial charge < -0.3 is 11.1 Å². The second kappa shape index (κ2) is 6.06. The van der Waals surface area contributed by atoms with E-state index in [1.807, 2.05) is 12.1 Å². The van der Waals surface area contributed by atoms with Crippen molar-refractivity contribution in [3.8, 4) is 0 Å². The Bertz CT molecular complexity index is 581. The number of nitrogens with one attached hydrogen (secondary N) is 1. The number of primary amides is 1. The Hall–Kier alpha value is -1.56. The number of carbonyl (C=O) groups excluding carboxylic acids is 1. The van der Waals surface area contributed by atoms with Gasteiger partial charge in [-0.05, 0) is 65.4 Å². The number of nitrogens with two attached hydrogens (primary N) is 1. The topological polar surface area (TPSA) is 55.1 Å². The zero-order chi connectivity index (χ0) is 13.8. The highest BCUT2D eigenvalue weighted by molar-refractivity contribution is 14.1. The second-order valence-electron chi connectivity index (χ2n) is 4.36. The third kappa shape index (κ3) is 3.70. The van der Waals surface area contributed by atoms with Gasteiger partial charge in [0.2, 0.25) is 5.91 Å². The number of halogens is 1. The molecule has 1 unspecified atom stereocenters. The fourth-order valence-corrected chi connectivity index (χ4v) is 2.21. The van der Waals surface area contributed by atoms with E-state index in [4.69, 9.17) is 5.73 Å². The van der Waals surface area contributed by atoms with Gasteiger partial charge in [0.1, 0.15) is 0 Å². The standard InChI is InChI=1S/C15H15IN2O/c1-10(11-5-7-13(16)8-6-11)18-14-4-2-3-12(9-14)15(17)19/h2-10,18H,1H3,(H2,17,19). The molecule has 0 radical (unpaired) electrons. The monoisotopic (exact) mass is 366 g/mol. The van der Waals surface area contributed by atoms with Gasteiger partial charge in [-0.15, -0.1) is 0 Å². The van der Waals surface area contributed by atoms with E-state index in [0.717, 1.165) is 5.69 Å². The normalized spacial score (nSPS) is 11.9. The summed E-state index contributed by atoms with van der Waals surface area (Å²) in [4.78, 5) is 11.1. The molecule has 98 valence electrons. The minimum Gasteiger partial charge on any atom is -0.379 e. The fourth-order valence-electron chi connectivity index (χ4n) is 1.85. The van der Waals surface area contributed by atoms with Crippen molar-refractivity contribution in [2.45, 2.75) is 13.0 Å². The van der Waals surface area contributed by atoms with Crippen LogP contribution in [0.4, 0.5) is 5.69 Å². The van der Waals surface area contributed by atoms with E-state index in [9.17, 15) is 4.79 Å². The van der Waals surface area contributed by atoms with Gasteiger partial charge in [-0.3, -0.25) is 4.79 Å². The number of carbonyl (C=O) groups is 1. The molecule has 0 spiro atoms. The Labute approximate surface area is 126 Å². The minimum atomic E-state index is -0.412. The summed E-state index contributed by atoms with van der Waals surface area (Å²) in [7, 11) is 0. The van der Waals surface area contributed by atoms with E-state index in [-0.39, 0.29) is 6.04 Å². The molecular weight excluding hydrogens is 351 g/mol. The molecule has 19 heavy (non-hydrogen) atoms. The number of amides is 1. The van der Waals surface area contributed by atoms with Gasteiger partial charge in [0.15, 0.2) is 0 Å². The second-order valence-corrected chi connectivity index (χ2v) is 5.61. The average Bonchev–Trinajstić information content (AvgIpc) is 2.39. The van der Waals surface area contributed by atoms with E-state index in [1.165, 1.54) is 9.13 Å². The van der Waals surface area contributed by atoms with Gasteiger partial charge in [-0.2, -0.15) is 0 Å². The highest BCUT2D eigenvalue weighted by Crippen LogP contribution is 2.20. The van der Waals surface area contributed by atoms with Crippen LogP contribution in [-0.4, -0.2) is 5.91 Å². The molecule has 0 saturated heterocycles. The van der Waals surface area contributed by atoms with Crippen molar-refractivity contribution in [3.63, 3.8) is 0 Å². The molecule has 0 saturated carbocycles. The smallest absolute Gasteiger partial charge is 0.248 e. The van der Waals surface area contributed by atoms with E-state index in [1.54, 1.807) is 12.1 Å². The summed E-state index contributed by atoms with van der Waals surface area (Å²) in [5.74, 6) is -0.412. The minimum absolute atomic E-state index is 0.167. The van der Waals surface area contributed by atoms with Gasteiger partial charge in [0.05, 0.1) is 0 Å². The fraction of sp³-hybridized carbons (Fsp3) is 0.133. The number of anilines is 1. The molecule has 0 aliphatic carbocycles. The van der Waals surface area contributed by atoms with E-state index < -0.39 is 5.91 Å². The third-order valence-electron chi connectivity index (χ3n) is 2.90. The van der Waals surface area contributed by atoms with E-state index in [2.05, 4.69) is 59.1 Å². The Morgan fingerprint density at radius 1 is 1.21 bits per heavy atom. The lowest BCUT2D eigenvalue weighted by Gasteiger charge is -2.16. The molecule has 0 aromatic heterocycles. The molecule has 2 aromatic carbocycles. The Balaban J connectivity index is 2.14. The molecule has 0 aliphatic rings. The molecule has 4 heteroatoms. The first kappa shape index (κ1) is 13.9. The summed E-state index contributed by atoms with van der Waals surface area (Å²) < 4.78 is 1.21. The zero-order valence-electron chi connectivity index (χ0n) is 10.6. The molecule has 0 aliphatic heterocycles. The van der Waals surface area contributed by atoms with Crippen molar-refractivity contribution in [1.82, 2.24) is 0 Å². The molecule has 3 nitrogen and oxygen atoms in total. The summed E-state index contributed by atoms with van der Waals surface area (Å²) in [6.07, 6.45) is 0. The van der Waals surface area contributed by atoms with Crippen LogP contribution in [0, 0.1) is 3.57 Å². The van der Waals surface area contributed by atoms with Crippen LogP contribution in [-0.2, 0) is 0 Å². The van der Waals surface area contributed by atoms with Crippen LogP contribution in [0.2, 0.25) is 0 Å². The molecule has 0 bridgehead atoms. The van der Waals surface area contributed by atoms with Crippen LogP contribution < -0.4 is 11.1 Å². The Morgan fingerprint density at radius 2 is 1.89 bits per heavy atom. The summed E-state index contributed by atoms with van der Waals surface area (Å²) in [6.45, 7) is 2.08. The molecule has 0 fully saturated rings. The lowest BCUT2D eigenvalue weighted by atomic mass is 10.1. The number of hydrogen-bond acceptors (Lipinski definition) is 2. The van der Waals surface area contributed by atoms with Gasteiger partial charge in [-0.25, -0.2) is 0 Å². The lowest BCUT2D eigenvalue weighted by molar-refractivity contribution is 0.100. The van der Waals surface area contributed by atoms with Crippen LogP contribution >= 0.6 is 22.6 Å². The maximum Gasteiger partial charge on any atom is 0.248 e. The third-order valence-corrected chi connectivity index (χ3v) is 3.62. The van der Waals surface area contributed by atoms with Gasteiger partial charge in [-0.1, -0.05) is 18.2 Å². The quantitative estimate of drug-likeness (QED) is 0.813. The number of benzene rings is 2. The van der Waals surface area contributed by atoms with Gasteiger partial charge in [0, 0.05) is 20.9 Å². The Kier molecular flexibility index (Phi) is 4.42. The summed E-state index contributed by atoms with van der Waals surface area (Å²) in [5.41, 5.74) is 7.88. The van der Waals surface area contributed by atoms with Crippen LogP contribution in [0.5, 0.6) is 0 Å². The molecule has 1 atom stereocenters. The first-order chi connectivity index (χ1) is 9.06. The summed E-state index contributed by atoms with van der Waals surface area (Å²) >= 11 is 2.28. The summed E-state index contributed by atoms with van der Waals surface area (Å²) in [5, 5.41) is 3.36. The highest BCUT2D eigenvalue weighted by atomic mass is 127. The first-order valence-electron chi connectivity index (χ1n) is 5.98. The van der Waals surface area contributed by atoms with Crippen LogP contribution in [0.25, 0.3) is 0 Å². The van der Waals surface area contributed by atoms with Crippen molar-refractivity contribution in [2.24, 2.45) is 5.73 Å². The molecule has 2 aromatic rings. The van der Waals surface area contributed by atoms with Crippen LogP contribution in [0.15, 0.2) is 48.5 Å². The largest absolute Gasteiger partial charge is 0.379 e. The van der Waals surface area contributed by atoms with Crippen molar-refractivity contribution in [3.05, 3.63) is 63.2 Å². The zero-order valence-corrected chi connectivity index (χ0v) is 12.7. The van der Waals surface area contributed by atoms with Gasteiger partial charge in [0.25, 0.3) is 0 Å². The predicted octanol–water partition coefficient (Wildman–Crippen LogP) is 3.56. The van der Waals surface area contributed by atoms with Crippen LogP contribution in [0.1, 0.15) is 28.9 Å². The van der Waals surface area contributed by atoms with Gasteiger partial charge >= 0.3 is 0 Å². The molecule has 1 amide bonds. The predicted molar refractivity (Wildman–Crippen MR) is 86.2 cm³/mol. The SMILES string of the molecule is CC(Nc1cccc(C(N)=O)c1)c1ccc(I)cc1. The molecule has 3 N–H and O–H groups in total. The Morgan fingerprint density at radius 3 is 2.53 bits per heavy atom.